The van der Waals surface area contributed by atoms with E-state index >= 15 is 0 Å². The molecule has 1 atom stereocenters. The van der Waals surface area contributed by atoms with E-state index in [4.69, 9.17) is 13.9 Å². The molecule has 26 heavy (non-hydrogen) atoms. The van der Waals surface area contributed by atoms with E-state index in [0.717, 1.165) is 0 Å². The number of benzene rings is 2. The van der Waals surface area contributed by atoms with Gasteiger partial charge in [-0.1, -0.05) is 18.2 Å². The molecule has 5 nitrogen and oxygen atoms in total. The number of hydrogen-bond donors (Lipinski definition) is 0. The minimum absolute atomic E-state index is 0.0832. The first-order chi connectivity index (χ1) is 12.7. The van der Waals surface area contributed by atoms with Crippen LogP contribution in [0.3, 0.4) is 0 Å². The Kier molecular flexibility index (Phi) is 4.31. The second-order valence-electron chi connectivity index (χ2n) is 5.85. The molecule has 6 heteroatoms. The summed E-state index contributed by atoms with van der Waals surface area (Å²) in [5, 5.41) is 0. The predicted octanol–water partition coefficient (Wildman–Crippen LogP) is 3.79. The molecule has 1 amide bonds. The van der Waals surface area contributed by atoms with Gasteiger partial charge in [0.25, 0.3) is 5.91 Å². The van der Waals surface area contributed by atoms with E-state index in [0.29, 0.717) is 22.9 Å². The number of amides is 1. The Hall–Kier alpha value is -3.28. The molecule has 3 aromatic rings. The lowest BCUT2D eigenvalue weighted by Crippen LogP contribution is -2.46. The van der Waals surface area contributed by atoms with E-state index in [1.807, 2.05) is 12.1 Å². The fraction of sp³-hybridized carbons (Fsp3) is 0.150. The van der Waals surface area contributed by atoms with Gasteiger partial charge < -0.3 is 18.8 Å². The van der Waals surface area contributed by atoms with E-state index in [2.05, 4.69) is 0 Å². The van der Waals surface area contributed by atoms with Crippen molar-refractivity contribution in [3.8, 4) is 11.5 Å². The van der Waals surface area contributed by atoms with Crippen molar-refractivity contribution < 1.29 is 23.1 Å². The molecule has 1 aliphatic heterocycles. The van der Waals surface area contributed by atoms with E-state index in [1.54, 1.807) is 36.4 Å². The van der Waals surface area contributed by atoms with Gasteiger partial charge in [-0.3, -0.25) is 4.79 Å². The first-order valence-electron chi connectivity index (χ1n) is 8.18. The van der Waals surface area contributed by atoms with Crippen LogP contribution in [0.1, 0.15) is 5.76 Å². The smallest absolute Gasteiger partial charge is 0.272 e. The first kappa shape index (κ1) is 16.2. The van der Waals surface area contributed by atoms with Crippen LogP contribution in [0, 0.1) is 5.82 Å². The molecule has 1 aromatic heterocycles. The summed E-state index contributed by atoms with van der Waals surface area (Å²) in [4.78, 5) is 14.5. The molecule has 132 valence electrons. The maximum absolute atomic E-state index is 13.7. The molecule has 0 saturated heterocycles. The monoisotopic (exact) mass is 353 g/mol. The second kappa shape index (κ2) is 6.92. The molecule has 0 fully saturated rings. The summed E-state index contributed by atoms with van der Waals surface area (Å²) >= 11 is 0. The van der Waals surface area contributed by atoms with Crippen molar-refractivity contribution in [2.45, 2.75) is 12.6 Å². The lowest BCUT2D eigenvalue weighted by atomic mass is 10.2. The predicted molar refractivity (Wildman–Crippen MR) is 92.7 cm³/mol. The third-order valence-electron chi connectivity index (χ3n) is 4.06. The van der Waals surface area contributed by atoms with Gasteiger partial charge in [0.15, 0.2) is 11.5 Å². The summed E-state index contributed by atoms with van der Waals surface area (Å²) in [6, 6.07) is 16.5. The molecule has 0 radical (unpaired) electrons. The average molecular weight is 353 g/mol. The Labute approximate surface area is 149 Å². The van der Waals surface area contributed by atoms with Crippen LogP contribution in [0.15, 0.2) is 71.3 Å². The van der Waals surface area contributed by atoms with Gasteiger partial charge in [0.2, 0.25) is 6.10 Å². The second-order valence-corrected chi connectivity index (χ2v) is 5.85. The number of nitrogens with zero attached hydrogens (tertiary/aromatic N) is 1. The number of carbonyl (C=O) groups is 1. The van der Waals surface area contributed by atoms with Gasteiger partial charge in [-0.15, -0.1) is 0 Å². The quantitative estimate of drug-likeness (QED) is 0.716. The van der Waals surface area contributed by atoms with Gasteiger partial charge in [0.05, 0.1) is 12.8 Å². The fourth-order valence-corrected chi connectivity index (χ4v) is 2.81. The summed E-state index contributed by atoms with van der Waals surface area (Å²) in [5.41, 5.74) is 0.425. The number of carbonyl (C=O) groups excluding carboxylic acids is 1. The number of furan rings is 1. The largest absolute Gasteiger partial charge is 0.485 e. The molecule has 2 heterocycles. The van der Waals surface area contributed by atoms with E-state index in [9.17, 15) is 9.18 Å². The maximum atomic E-state index is 13.7. The highest BCUT2D eigenvalue weighted by Crippen LogP contribution is 2.32. The Morgan fingerprint density at radius 2 is 1.92 bits per heavy atom. The summed E-state index contributed by atoms with van der Waals surface area (Å²) < 4.78 is 30.5. The molecular formula is C20H16FNO4. The number of fused-ring (bicyclic) bond motifs is 1. The van der Waals surface area contributed by atoms with Gasteiger partial charge in [-0.2, -0.15) is 0 Å². The Balaban J connectivity index is 1.62. The number of hydrogen-bond acceptors (Lipinski definition) is 4. The number of halogens is 1. The molecule has 0 spiro atoms. The molecular weight excluding hydrogens is 337 g/mol. The van der Waals surface area contributed by atoms with Crippen LogP contribution in [-0.4, -0.2) is 18.6 Å². The van der Waals surface area contributed by atoms with Crippen LogP contribution in [-0.2, 0) is 11.3 Å². The third-order valence-corrected chi connectivity index (χ3v) is 4.06. The van der Waals surface area contributed by atoms with Gasteiger partial charge in [-0.25, -0.2) is 4.39 Å². The highest BCUT2D eigenvalue weighted by molar-refractivity contribution is 5.97. The van der Waals surface area contributed by atoms with Gasteiger partial charge in [0, 0.05) is 5.69 Å². The highest BCUT2D eigenvalue weighted by atomic mass is 19.1. The standard InChI is InChI=1S/C20H16FNO4/c21-14-5-3-6-15(11-14)22(12-16-7-4-10-24-16)20(23)19-13-25-17-8-1-2-9-18(17)26-19/h1-11,19H,12-13H2. The van der Waals surface area contributed by atoms with Crippen LogP contribution >= 0.6 is 0 Å². The molecule has 4 rings (SSSR count). The van der Waals surface area contributed by atoms with Crippen LogP contribution in [0.5, 0.6) is 11.5 Å². The minimum Gasteiger partial charge on any atom is -0.485 e. The summed E-state index contributed by atoms with van der Waals surface area (Å²) in [7, 11) is 0. The lowest BCUT2D eigenvalue weighted by Gasteiger charge is -2.30. The lowest BCUT2D eigenvalue weighted by molar-refractivity contribution is -0.127. The molecule has 2 aromatic carbocycles. The zero-order chi connectivity index (χ0) is 17.9. The SMILES string of the molecule is O=C(C1COc2ccccc2O1)N(Cc1ccco1)c1cccc(F)c1. The molecule has 1 aliphatic rings. The zero-order valence-electron chi connectivity index (χ0n) is 13.8. The topological polar surface area (TPSA) is 51.9 Å². The molecule has 0 saturated carbocycles. The Bertz CT molecular complexity index is 910. The van der Waals surface area contributed by atoms with Crippen LogP contribution < -0.4 is 14.4 Å². The normalized spacial score (nSPS) is 15.5. The van der Waals surface area contributed by atoms with Crippen molar-refractivity contribution in [1.82, 2.24) is 0 Å². The van der Waals surface area contributed by atoms with Crippen LogP contribution in [0.2, 0.25) is 0 Å². The average Bonchev–Trinajstić information content (AvgIpc) is 3.18. The molecule has 0 N–H and O–H groups in total. The van der Waals surface area contributed by atoms with Crippen LogP contribution in [0.25, 0.3) is 0 Å². The van der Waals surface area contributed by atoms with Gasteiger partial charge >= 0.3 is 0 Å². The van der Waals surface area contributed by atoms with Crippen molar-refractivity contribution >= 4 is 11.6 Å². The maximum Gasteiger partial charge on any atom is 0.272 e. The van der Waals surface area contributed by atoms with Crippen molar-refractivity contribution in [1.29, 1.82) is 0 Å². The van der Waals surface area contributed by atoms with E-state index in [1.165, 1.54) is 23.3 Å². The van der Waals surface area contributed by atoms with Crippen molar-refractivity contribution in [3.63, 3.8) is 0 Å². The van der Waals surface area contributed by atoms with Crippen molar-refractivity contribution in [3.05, 3.63) is 78.5 Å². The van der Waals surface area contributed by atoms with Crippen molar-refractivity contribution in [2.24, 2.45) is 0 Å². The number of ether oxygens (including phenoxy) is 2. The zero-order valence-corrected chi connectivity index (χ0v) is 13.8. The Morgan fingerprint density at radius 3 is 2.69 bits per heavy atom. The summed E-state index contributed by atoms with van der Waals surface area (Å²) in [5.74, 6) is 0.932. The number of anilines is 1. The van der Waals surface area contributed by atoms with Crippen molar-refractivity contribution in [2.75, 3.05) is 11.5 Å². The molecule has 0 aliphatic carbocycles. The minimum atomic E-state index is -0.830. The molecule has 0 bridgehead atoms. The number of rotatable bonds is 4. The summed E-state index contributed by atoms with van der Waals surface area (Å²) in [6.45, 7) is 0.247. The van der Waals surface area contributed by atoms with Gasteiger partial charge in [0.1, 0.15) is 18.2 Å². The van der Waals surface area contributed by atoms with Gasteiger partial charge in [-0.05, 0) is 42.5 Å². The molecule has 1 unspecified atom stereocenters. The third kappa shape index (κ3) is 3.26. The summed E-state index contributed by atoms with van der Waals surface area (Å²) in [6.07, 6.45) is 0.697. The van der Waals surface area contributed by atoms with Crippen LogP contribution in [0.4, 0.5) is 10.1 Å². The Morgan fingerprint density at radius 1 is 1.08 bits per heavy atom. The highest BCUT2D eigenvalue weighted by Gasteiger charge is 2.32. The fourth-order valence-electron chi connectivity index (χ4n) is 2.81. The first-order valence-corrected chi connectivity index (χ1v) is 8.18. The number of para-hydroxylation sites is 2. The van der Waals surface area contributed by atoms with E-state index < -0.39 is 11.9 Å². The van der Waals surface area contributed by atoms with E-state index in [-0.39, 0.29) is 19.1 Å².